The van der Waals surface area contributed by atoms with Crippen molar-refractivity contribution in [3.05, 3.63) is 75.6 Å². The molecule has 0 aliphatic heterocycles. The van der Waals surface area contributed by atoms with Gasteiger partial charge in [0.2, 0.25) is 0 Å². The van der Waals surface area contributed by atoms with Crippen LogP contribution in [0.4, 0.5) is 0 Å². The van der Waals surface area contributed by atoms with E-state index in [2.05, 4.69) is 34.3 Å². The monoisotopic (exact) mass is 463 g/mol. The highest BCUT2D eigenvalue weighted by atomic mass is 79.9. The average molecular weight is 464 g/mol. The number of imidazole rings is 1. The van der Waals surface area contributed by atoms with Crippen molar-refractivity contribution in [2.45, 2.75) is 27.2 Å². The van der Waals surface area contributed by atoms with Gasteiger partial charge in [0, 0.05) is 16.6 Å². The second kappa shape index (κ2) is 8.03. The van der Waals surface area contributed by atoms with E-state index in [1.165, 1.54) is 7.11 Å². The number of rotatable bonds is 4. The van der Waals surface area contributed by atoms with Gasteiger partial charge in [-0.3, -0.25) is 4.57 Å². The van der Waals surface area contributed by atoms with Gasteiger partial charge in [-0.1, -0.05) is 37.3 Å². The predicted molar refractivity (Wildman–Crippen MR) is 122 cm³/mol. The van der Waals surface area contributed by atoms with Crippen LogP contribution in [-0.4, -0.2) is 27.6 Å². The number of aryl methyl sites for hydroxylation is 3. The molecular formula is C24H22BrN3O2. The number of halogens is 1. The molecule has 4 aromatic rings. The van der Waals surface area contributed by atoms with Gasteiger partial charge in [-0.05, 0) is 64.7 Å². The molecule has 0 N–H and O–H groups in total. The maximum Gasteiger partial charge on any atom is 0.338 e. The van der Waals surface area contributed by atoms with Gasteiger partial charge in [0.1, 0.15) is 11.3 Å². The van der Waals surface area contributed by atoms with Gasteiger partial charge >= 0.3 is 5.97 Å². The second-order valence-electron chi connectivity index (χ2n) is 7.11. The third kappa shape index (κ3) is 3.31. The molecule has 2 aromatic heterocycles. The molecule has 0 spiro atoms. The topological polar surface area (TPSA) is 57.0 Å². The van der Waals surface area contributed by atoms with Crippen molar-refractivity contribution >= 4 is 33.1 Å². The summed E-state index contributed by atoms with van der Waals surface area (Å²) < 4.78 is 8.03. The highest BCUT2D eigenvalue weighted by Crippen LogP contribution is 2.31. The number of fused-ring (bicyclic) bond motifs is 1. The molecule has 0 fully saturated rings. The number of pyridine rings is 1. The molecule has 2 heterocycles. The Morgan fingerprint density at radius 3 is 2.43 bits per heavy atom. The molecule has 152 valence electrons. The quantitative estimate of drug-likeness (QED) is 0.358. The van der Waals surface area contributed by atoms with E-state index in [1.54, 1.807) is 6.07 Å². The standard InChI is InChI=1S/C24H22BrN3O2/c1-5-20-27-22-14(2)21(25)15(3)26-23(22)28(20)17-12-10-16(11-13-17)18-8-6-7-9-19(18)24(29)30-4/h6-13H,5H2,1-4H3. The zero-order valence-corrected chi connectivity index (χ0v) is 18.9. The fourth-order valence-corrected chi connectivity index (χ4v) is 3.99. The lowest BCUT2D eigenvalue weighted by Crippen LogP contribution is -2.04. The Bertz CT molecular complexity index is 1260. The summed E-state index contributed by atoms with van der Waals surface area (Å²) in [6, 6.07) is 15.6. The van der Waals surface area contributed by atoms with Crippen LogP contribution in [0, 0.1) is 13.8 Å². The third-order valence-electron chi connectivity index (χ3n) is 5.28. The van der Waals surface area contributed by atoms with Crippen molar-refractivity contribution < 1.29 is 9.53 Å². The Hall–Kier alpha value is -2.99. The highest BCUT2D eigenvalue weighted by molar-refractivity contribution is 9.10. The van der Waals surface area contributed by atoms with Crippen molar-refractivity contribution in [2.24, 2.45) is 0 Å². The van der Waals surface area contributed by atoms with E-state index >= 15 is 0 Å². The van der Waals surface area contributed by atoms with Crippen molar-refractivity contribution in [1.82, 2.24) is 14.5 Å². The summed E-state index contributed by atoms with van der Waals surface area (Å²) in [7, 11) is 1.40. The van der Waals surface area contributed by atoms with Crippen LogP contribution >= 0.6 is 15.9 Å². The largest absolute Gasteiger partial charge is 0.465 e. The molecule has 0 bridgehead atoms. The number of esters is 1. The lowest BCUT2D eigenvalue weighted by atomic mass is 9.99. The van der Waals surface area contributed by atoms with E-state index in [-0.39, 0.29) is 5.97 Å². The van der Waals surface area contributed by atoms with Crippen LogP contribution in [0.1, 0.15) is 34.4 Å². The highest BCUT2D eigenvalue weighted by Gasteiger charge is 2.18. The number of nitrogens with zero attached hydrogens (tertiary/aromatic N) is 3. The molecule has 0 aliphatic rings. The fraction of sp³-hybridized carbons (Fsp3) is 0.208. The van der Waals surface area contributed by atoms with E-state index in [4.69, 9.17) is 14.7 Å². The van der Waals surface area contributed by atoms with Crippen LogP contribution in [-0.2, 0) is 11.2 Å². The first-order chi connectivity index (χ1) is 14.5. The molecule has 30 heavy (non-hydrogen) atoms. The molecule has 5 nitrogen and oxygen atoms in total. The predicted octanol–water partition coefficient (Wildman–Crippen LogP) is 5.82. The Kier molecular flexibility index (Phi) is 5.43. The summed E-state index contributed by atoms with van der Waals surface area (Å²) in [5.41, 5.74) is 7.12. The first-order valence-electron chi connectivity index (χ1n) is 9.78. The van der Waals surface area contributed by atoms with Crippen LogP contribution < -0.4 is 0 Å². The van der Waals surface area contributed by atoms with Crippen molar-refractivity contribution in [1.29, 1.82) is 0 Å². The number of carbonyl (C=O) groups is 1. The van der Waals surface area contributed by atoms with Gasteiger partial charge in [-0.25, -0.2) is 14.8 Å². The van der Waals surface area contributed by atoms with Crippen LogP contribution in [0.15, 0.2) is 53.0 Å². The zero-order valence-electron chi connectivity index (χ0n) is 17.4. The third-order valence-corrected chi connectivity index (χ3v) is 6.45. The lowest BCUT2D eigenvalue weighted by molar-refractivity contribution is 0.0601. The smallest absolute Gasteiger partial charge is 0.338 e. The molecular weight excluding hydrogens is 442 g/mol. The molecule has 0 amide bonds. The first-order valence-corrected chi connectivity index (χ1v) is 10.6. The number of aromatic nitrogens is 3. The molecule has 0 atom stereocenters. The number of hydrogen-bond donors (Lipinski definition) is 0. The van der Waals surface area contributed by atoms with Gasteiger partial charge in [0.05, 0.1) is 18.4 Å². The molecule has 0 aliphatic carbocycles. The maximum absolute atomic E-state index is 12.1. The Morgan fingerprint density at radius 2 is 1.77 bits per heavy atom. The summed E-state index contributed by atoms with van der Waals surface area (Å²) in [5, 5.41) is 0. The van der Waals surface area contributed by atoms with Crippen molar-refractivity contribution in [3.63, 3.8) is 0 Å². The SMILES string of the molecule is CCc1nc2c(C)c(Br)c(C)nc2n1-c1ccc(-c2ccccc2C(=O)OC)cc1. The number of methoxy groups -OCH3 is 1. The molecule has 0 unspecified atom stereocenters. The van der Waals surface area contributed by atoms with Crippen LogP contribution in [0.25, 0.3) is 28.0 Å². The number of carbonyl (C=O) groups excluding carboxylic acids is 1. The van der Waals surface area contributed by atoms with Gasteiger partial charge < -0.3 is 4.74 Å². The zero-order chi connectivity index (χ0) is 21.4. The Balaban J connectivity index is 1.85. The maximum atomic E-state index is 12.1. The number of ether oxygens (including phenoxy) is 1. The van der Waals surface area contributed by atoms with Gasteiger partial charge in [-0.2, -0.15) is 0 Å². The normalized spacial score (nSPS) is 11.1. The van der Waals surface area contributed by atoms with E-state index in [0.29, 0.717) is 5.56 Å². The lowest BCUT2D eigenvalue weighted by Gasteiger charge is -2.11. The minimum absolute atomic E-state index is 0.343. The van der Waals surface area contributed by atoms with Crippen LogP contribution in [0.3, 0.4) is 0 Å². The first kappa shape index (κ1) is 20.3. The second-order valence-corrected chi connectivity index (χ2v) is 7.90. The van der Waals surface area contributed by atoms with Gasteiger partial charge in [-0.15, -0.1) is 0 Å². The molecule has 6 heteroatoms. The summed E-state index contributed by atoms with van der Waals surface area (Å²) in [5.74, 6) is 0.616. The molecule has 4 rings (SSSR count). The van der Waals surface area contributed by atoms with E-state index in [9.17, 15) is 4.79 Å². The summed E-state index contributed by atoms with van der Waals surface area (Å²) in [4.78, 5) is 21.8. The average Bonchev–Trinajstić information content (AvgIpc) is 3.15. The molecule has 0 radical (unpaired) electrons. The summed E-state index contributed by atoms with van der Waals surface area (Å²) in [6.45, 7) is 6.15. The van der Waals surface area contributed by atoms with Crippen LogP contribution in [0.2, 0.25) is 0 Å². The minimum Gasteiger partial charge on any atom is -0.465 e. The number of benzene rings is 2. The number of hydrogen-bond acceptors (Lipinski definition) is 4. The van der Waals surface area contributed by atoms with Crippen LogP contribution in [0.5, 0.6) is 0 Å². The molecule has 0 saturated carbocycles. The van der Waals surface area contributed by atoms with Gasteiger partial charge in [0.15, 0.2) is 5.65 Å². The Morgan fingerprint density at radius 1 is 1.07 bits per heavy atom. The fourth-order valence-electron chi connectivity index (χ4n) is 3.72. The van der Waals surface area contributed by atoms with E-state index in [1.807, 2.05) is 49.4 Å². The van der Waals surface area contributed by atoms with Crippen molar-refractivity contribution in [3.8, 4) is 16.8 Å². The summed E-state index contributed by atoms with van der Waals surface area (Å²) in [6.07, 6.45) is 0.791. The molecule has 2 aromatic carbocycles. The van der Waals surface area contributed by atoms with Gasteiger partial charge in [0.25, 0.3) is 0 Å². The van der Waals surface area contributed by atoms with E-state index in [0.717, 1.165) is 56.0 Å². The Labute approximate surface area is 183 Å². The summed E-state index contributed by atoms with van der Waals surface area (Å²) >= 11 is 3.62. The van der Waals surface area contributed by atoms with Crippen molar-refractivity contribution in [2.75, 3.05) is 7.11 Å². The molecule has 0 saturated heterocycles. The minimum atomic E-state index is -0.343. The van der Waals surface area contributed by atoms with E-state index < -0.39 is 0 Å².